The number of rotatable bonds is 4. The Kier molecular flexibility index (Phi) is 6.03. The number of fused-ring (bicyclic) bond motifs is 5. The zero-order valence-corrected chi connectivity index (χ0v) is 18.0. The molecule has 6 heteroatoms. The molecule has 30 heavy (non-hydrogen) atoms. The highest BCUT2D eigenvalue weighted by atomic mass is 16.7. The molecule has 6 nitrogen and oxygen atoms in total. The Balaban J connectivity index is 1.10. The molecule has 5 aliphatic rings. The van der Waals surface area contributed by atoms with E-state index in [2.05, 4.69) is 11.4 Å². The monoisotopic (exact) mass is 416 g/mol. The van der Waals surface area contributed by atoms with Crippen LogP contribution in [0.3, 0.4) is 0 Å². The quantitative estimate of drug-likeness (QED) is 0.561. The van der Waals surface area contributed by atoms with Crippen molar-refractivity contribution in [3.05, 3.63) is 11.6 Å². The van der Waals surface area contributed by atoms with Gasteiger partial charge in [0.2, 0.25) is 5.91 Å². The van der Waals surface area contributed by atoms with E-state index in [0.29, 0.717) is 19.6 Å². The summed E-state index contributed by atoms with van der Waals surface area (Å²) in [5.74, 6) is 4.60. The Labute approximate surface area is 179 Å². The number of piperazine rings is 1. The minimum Gasteiger partial charge on any atom is -0.433 e. The summed E-state index contributed by atoms with van der Waals surface area (Å²) in [6, 6.07) is 0. The largest absolute Gasteiger partial charge is 0.508 e. The Bertz CT molecular complexity index is 693. The third kappa shape index (κ3) is 4.25. The highest BCUT2D eigenvalue weighted by Gasteiger charge is 2.47. The summed E-state index contributed by atoms with van der Waals surface area (Å²) >= 11 is 0. The lowest BCUT2D eigenvalue weighted by Gasteiger charge is -2.49. The molecule has 0 spiro atoms. The third-order valence-electron chi connectivity index (χ3n) is 8.60. The lowest BCUT2D eigenvalue weighted by atomic mass is 9.56. The lowest BCUT2D eigenvalue weighted by molar-refractivity contribution is -0.124. The molecule has 6 unspecified atom stereocenters. The van der Waals surface area contributed by atoms with Gasteiger partial charge in [0.25, 0.3) is 0 Å². The molecule has 4 fully saturated rings. The number of nitrogens with one attached hydrogen (secondary N) is 1. The molecule has 4 aliphatic carbocycles. The molecule has 166 valence electrons. The first-order chi connectivity index (χ1) is 14.7. The van der Waals surface area contributed by atoms with E-state index in [4.69, 9.17) is 9.47 Å². The standard InChI is InChI=1S/C24H36N2O4/c27-23-15-26(11-10-25-23)12-13-29-24(28)30-18-6-9-20-17(14-18)5-8-21-19-3-1-2-16(19)4-7-22(20)21/h14,16,18-22H,1-13,15H2,(H,25,27). The van der Waals surface area contributed by atoms with Gasteiger partial charge < -0.3 is 14.8 Å². The molecule has 6 atom stereocenters. The van der Waals surface area contributed by atoms with Gasteiger partial charge in [-0.1, -0.05) is 18.4 Å². The highest BCUT2D eigenvalue weighted by Crippen LogP contribution is 2.56. The van der Waals surface area contributed by atoms with Crippen molar-refractivity contribution >= 4 is 12.1 Å². The van der Waals surface area contributed by atoms with Crippen LogP contribution in [0, 0.1) is 29.6 Å². The molecular weight excluding hydrogens is 380 g/mol. The molecule has 1 N–H and O–H groups in total. The van der Waals surface area contributed by atoms with Gasteiger partial charge in [-0.3, -0.25) is 9.69 Å². The molecule has 3 saturated carbocycles. The average molecular weight is 417 g/mol. The molecule has 1 amide bonds. The first-order valence-corrected chi connectivity index (χ1v) is 12.2. The number of hydrogen-bond donors (Lipinski definition) is 1. The maximum atomic E-state index is 12.2. The van der Waals surface area contributed by atoms with Gasteiger partial charge in [-0.15, -0.1) is 0 Å². The average Bonchev–Trinajstić information content (AvgIpc) is 3.22. The Morgan fingerprint density at radius 1 is 1.07 bits per heavy atom. The fraction of sp³-hybridized carbons (Fsp3) is 0.833. The SMILES string of the molecule is O=C1CN(CCOC(=O)OC2C=C3CCC4C5CCCC5CCC4C3CC2)CCN1. The molecule has 0 bridgehead atoms. The molecule has 0 aromatic rings. The van der Waals surface area contributed by atoms with Crippen molar-refractivity contribution in [3.63, 3.8) is 0 Å². The first-order valence-electron chi connectivity index (χ1n) is 12.2. The summed E-state index contributed by atoms with van der Waals surface area (Å²) in [5, 5.41) is 2.80. The van der Waals surface area contributed by atoms with Crippen LogP contribution < -0.4 is 5.32 Å². The Morgan fingerprint density at radius 3 is 2.90 bits per heavy atom. The number of carbonyl (C=O) groups is 2. The van der Waals surface area contributed by atoms with Gasteiger partial charge in [-0.25, -0.2) is 4.79 Å². The second kappa shape index (κ2) is 8.89. The van der Waals surface area contributed by atoms with Crippen LogP contribution in [0.15, 0.2) is 11.6 Å². The van der Waals surface area contributed by atoms with Crippen LogP contribution in [0.25, 0.3) is 0 Å². The fourth-order valence-electron chi connectivity index (χ4n) is 7.31. The number of carbonyl (C=O) groups excluding carboxylic acids is 2. The summed E-state index contributed by atoms with van der Waals surface area (Å²) in [7, 11) is 0. The Morgan fingerprint density at radius 2 is 2.00 bits per heavy atom. The predicted molar refractivity (Wildman–Crippen MR) is 113 cm³/mol. The predicted octanol–water partition coefficient (Wildman–Crippen LogP) is 3.51. The van der Waals surface area contributed by atoms with Crippen molar-refractivity contribution in [2.24, 2.45) is 29.6 Å². The van der Waals surface area contributed by atoms with Crippen molar-refractivity contribution in [2.45, 2.75) is 63.9 Å². The molecule has 0 aromatic carbocycles. The van der Waals surface area contributed by atoms with Gasteiger partial charge in [0.15, 0.2) is 0 Å². The number of nitrogens with zero attached hydrogens (tertiary/aromatic N) is 1. The van der Waals surface area contributed by atoms with Gasteiger partial charge in [-0.2, -0.15) is 0 Å². The number of allylic oxidation sites excluding steroid dienone is 1. The van der Waals surface area contributed by atoms with Crippen LogP contribution in [0.1, 0.15) is 57.8 Å². The maximum Gasteiger partial charge on any atom is 0.508 e. The van der Waals surface area contributed by atoms with Crippen molar-refractivity contribution in [2.75, 3.05) is 32.8 Å². The van der Waals surface area contributed by atoms with E-state index in [1.807, 2.05) is 4.90 Å². The maximum absolute atomic E-state index is 12.2. The minimum atomic E-state index is -0.572. The van der Waals surface area contributed by atoms with E-state index in [1.165, 1.54) is 44.9 Å². The van der Waals surface area contributed by atoms with Crippen LogP contribution in [0.5, 0.6) is 0 Å². The van der Waals surface area contributed by atoms with Gasteiger partial charge in [0.1, 0.15) is 12.7 Å². The summed E-state index contributed by atoms with van der Waals surface area (Å²) < 4.78 is 10.9. The highest BCUT2D eigenvalue weighted by molar-refractivity contribution is 5.78. The first kappa shape index (κ1) is 20.3. The summed E-state index contributed by atoms with van der Waals surface area (Å²) in [4.78, 5) is 25.6. The molecule has 1 aliphatic heterocycles. The number of ether oxygens (including phenoxy) is 2. The van der Waals surface area contributed by atoms with Gasteiger partial charge >= 0.3 is 6.16 Å². The molecule has 0 aromatic heterocycles. The summed E-state index contributed by atoms with van der Waals surface area (Å²) in [5.41, 5.74) is 1.55. The van der Waals surface area contributed by atoms with Crippen LogP contribution >= 0.6 is 0 Å². The molecule has 1 saturated heterocycles. The fourth-order valence-corrected chi connectivity index (χ4v) is 7.31. The van der Waals surface area contributed by atoms with E-state index in [0.717, 1.165) is 49.0 Å². The minimum absolute atomic E-state index is 0.0309. The number of hydrogen-bond acceptors (Lipinski definition) is 5. The van der Waals surface area contributed by atoms with Crippen molar-refractivity contribution in [1.29, 1.82) is 0 Å². The van der Waals surface area contributed by atoms with Gasteiger partial charge in [-0.05, 0) is 80.6 Å². The molecular formula is C24H36N2O4. The third-order valence-corrected chi connectivity index (χ3v) is 8.60. The second-order valence-corrected chi connectivity index (χ2v) is 10.1. The van der Waals surface area contributed by atoms with Crippen LogP contribution in [0.4, 0.5) is 4.79 Å². The second-order valence-electron chi connectivity index (χ2n) is 10.1. The molecule has 1 heterocycles. The normalized spacial score (nSPS) is 38.5. The van der Waals surface area contributed by atoms with Crippen molar-refractivity contribution in [1.82, 2.24) is 10.2 Å². The summed E-state index contributed by atoms with van der Waals surface area (Å²) in [6.45, 7) is 2.66. The van der Waals surface area contributed by atoms with Crippen molar-refractivity contribution in [3.8, 4) is 0 Å². The van der Waals surface area contributed by atoms with Crippen molar-refractivity contribution < 1.29 is 19.1 Å². The van der Waals surface area contributed by atoms with Crippen LogP contribution in [-0.2, 0) is 14.3 Å². The Hall–Kier alpha value is -1.56. The van der Waals surface area contributed by atoms with Gasteiger partial charge in [0, 0.05) is 19.6 Å². The topological polar surface area (TPSA) is 67.9 Å². The van der Waals surface area contributed by atoms with E-state index in [-0.39, 0.29) is 18.6 Å². The van der Waals surface area contributed by atoms with Gasteiger partial charge in [0.05, 0.1) is 6.54 Å². The summed E-state index contributed by atoms with van der Waals surface area (Å²) in [6.07, 6.45) is 13.4. The molecule has 0 radical (unpaired) electrons. The van der Waals surface area contributed by atoms with E-state index >= 15 is 0 Å². The zero-order valence-electron chi connectivity index (χ0n) is 18.0. The van der Waals surface area contributed by atoms with E-state index in [9.17, 15) is 9.59 Å². The lowest BCUT2D eigenvalue weighted by Crippen LogP contribution is -2.48. The number of amides is 1. The zero-order chi connectivity index (χ0) is 20.5. The van der Waals surface area contributed by atoms with E-state index < -0.39 is 6.16 Å². The smallest absolute Gasteiger partial charge is 0.433 e. The van der Waals surface area contributed by atoms with Crippen LogP contribution in [-0.4, -0.2) is 55.9 Å². The van der Waals surface area contributed by atoms with Crippen LogP contribution in [0.2, 0.25) is 0 Å². The molecule has 5 rings (SSSR count). The van der Waals surface area contributed by atoms with E-state index in [1.54, 1.807) is 5.57 Å².